The summed E-state index contributed by atoms with van der Waals surface area (Å²) in [4.78, 5) is 0. The molecule has 0 radical (unpaired) electrons. The molecule has 3 rings (SSSR count). The normalized spacial score (nSPS) is 27.8. The van der Waals surface area contributed by atoms with Gasteiger partial charge in [0.2, 0.25) is 0 Å². The van der Waals surface area contributed by atoms with Gasteiger partial charge in [0.1, 0.15) is 6.10 Å². The highest BCUT2D eigenvalue weighted by Crippen LogP contribution is 2.41. The van der Waals surface area contributed by atoms with E-state index in [1.165, 1.54) is 25.3 Å². The molecule has 0 bridgehead atoms. The molecule has 1 aliphatic carbocycles. The van der Waals surface area contributed by atoms with E-state index in [0.717, 1.165) is 51.2 Å². The van der Waals surface area contributed by atoms with Gasteiger partial charge < -0.3 is 31.9 Å². The zero-order valence-electron chi connectivity index (χ0n) is 19.9. The maximum atomic E-state index is 5.73. The van der Waals surface area contributed by atoms with Crippen molar-refractivity contribution in [2.24, 2.45) is 5.92 Å². The second kappa shape index (κ2) is 13.0. The van der Waals surface area contributed by atoms with Crippen LogP contribution in [0.4, 0.5) is 0 Å². The molecule has 4 unspecified atom stereocenters. The van der Waals surface area contributed by atoms with Crippen LogP contribution in [0.5, 0.6) is 0 Å². The standard InChI is InChI=1S/C11H22O4Si.C10H22O3Si/c1-12-16(13-2,14-3)7-6-9-4-5-10-11(8-9)15-10;1-4-13-14(2,3)7-5-6-11-8-10-9-12-10/h9-11H,4-8H2,1-3H3;10H,4-9H2,1-3H3. The maximum Gasteiger partial charge on any atom is 0.500 e. The van der Waals surface area contributed by atoms with Gasteiger partial charge in [-0.2, -0.15) is 0 Å². The average molecular weight is 465 g/mol. The summed E-state index contributed by atoms with van der Waals surface area (Å²) >= 11 is 0. The van der Waals surface area contributed by atoms with Crippen molar-refractivity contribution in [2.75, 3.05) is 47.8 Å². The van der Waals surface area contributed by atoms with E-state index in [9.17, 15) is 0 Å². The number of hydrogen-bond donors (Lipinski definition) is 0. The summed E-state index contributed by atoms with van der Waals surface area (Å²) in [7, 11) is 1.32. The van der Waals surface area contributed by atoms with Crippen LogP contribution in [0.15, 0.2) is 0 Å². The lowest BCUT2D eigenvalue weighted by Gasteiger charge is -2.27. The fourth-order valence-electron chi connectivity index (χ4n) is 4.13. The number of fused-ring (bicyclic) bond motifs is 1. The Labute approximate surface area is 185 Å². The lowest BCUT2D eigenvalue weighted by Crippen LogP contribution is -2.43. The summed E-state index contributed by atoms with van der Waals surface area (Å²) in [5.74, 6) is 0.760. The van der Waals surface area contributed by atoms with Crippen molar-refractivity contribution in [3.63, 3.8) is 0 Å². The Morgan fingerprint density at radius 2 is 1.67 bits per heavy atom. The fourth-order valence-corrected chi connectivity index (χ4v) is 7.92. The zero-order valence-corrected chi connectivity index (χ0v) is 21.9. The Kier molecular flexibility index (Phi) is 11.4. The highest BCUT2D eigenvalue weighted by atomic mass is 28.4. The van der Waals surface area contributed by atoms with E-state index in [1.54, 1.807) is 21.3 Å². The number of ether oxygens (including phenoxy) is 3. The highest BCUT2D eigenvalue weighted by Gasteiger charge is 2.45. The molecule has 178 valence electrons. The van der Waals surface area contributed by atoms with Crippen molar-refractivity contribution >= 4 is 17.1 Å². The molecule has 30 heavy (non-hydrogen) atoms. The lowest BCUT2D eigenvalue weighted by atomic mass is 9.88. The molecule has 3 fully saturated rings. The first-order valence-corrected chi connectivity index (χ1v) is 16.6. The molecule has 0 amide bonds. The monoisotopic (exact) mass is 464 g/mol. The van der Waals surface area contributed by atoms with Crippen LogP contribution < -0.4 is 0 Å². The molecule has 0 aromatic rings. The Bertz CT molecular complexity index is 464. The summed E-state index contributed by atoms with van der Waals surface area (Å²) in [6, 6.07) is 2.10. The first-order chi connectivity index (χ1) is 14.4. The van der Waals surface area contributed by atoms with Crippen LogP contribution in [-0.4, -0.2) is 83.2 Å². The smallest absolute Gasteiger partial charge is 0.418 e. The van der Waals surface area contributed by atoms with Crippen LogP contribution in [0.3, 0.4) is 0 Å². The van der Waals surface area contributed by atoms with Gasteiger partial charge in [0, 0.05) is 40.6 Å². The molecular formula is C21H44O7Si2. The summed E-state index contributed by atoms with van der Waals surface area (Å²) in [6.45, 7) is 9.95. The Hall–Kier alpha value is 0.154. The summed E-state index contributed by atoms with van der Waals surface area (Å²) in [5, 5.41) is 0. The average Bonchev–Trinajstić information content (AvgIpc) is 3.64. The Balaban J connectivity index is 0.000000216. The molecule has 3 aliphatic rings. The predicted molar refractivity (Wildman–Crippen MR) is 121 cm³/mol. The second-order valence-electron chi connectivity index (χ2n) is 9.05. The SMILES string of the molecule is CCO[Si](C)(C)CCCOCC1CO1.CO[Si](CCC1CCC2OC2C1)(OC)OC. The maximum absolute atomic E-state index is 5.73. The topological polar surface area (TPSA) is 71.2 Å². The Morgan fingerprint density at radius 3 is 2.23 bits per heavy atom. The third-order valence-corrected chi connectivity index (χ3v) is 11.6. The summed E-state index contributed by atoms with van der Waals surface area (Å²) < 4.78 is 38.1. The Morgan fingerprint density at radius 1 is 0.967 bits per heavy atom. The molecule has 0 spiro atoms. The molecule has 9 heteroatoms. The van der Waals surface area contributed by atoms with Crippen molar-refractivity contribution in [2.45, 2.75) is 82.5 Å². The van der Waals surface area contributed by atoms with Gasteiger partial charge in [-0.25, -0.2) is 0 Å². The number of hydrogen-bond acceptors (Lipinski definition) is 7. The van der Waals surface area contributed by atoms with Crippen LogP contribution in [0.1, 0.15) is 39.0 Å². The van der Waals surface area contributed by atoms with Crippen LogP contribution >= 0.6 is 0 Å². The minimum absolute atomic E-state index is 0.396. The van der Waals surface area contributed by atoms with Gasteiger partial charge in [0.15, 0.2) is 8.32 Å². The minimum atomic E-state index is -2.35. The number of rotatable bonds is 14. The predicted octanol–water partition coefficient (Wildman–Crippen LogP) is 3.86. The van der Waals surface area contributed by atoms with Crippen molar-refractivity contribution in [1.82, 2.24) is 0 Å². The van der Waals surface area contributed by atoms with E-state index in [4.69, 9.17) is 31.9 Å². The third-order valence-electron chi connectivity index (χ3n) is 6.21. The van der Waals surface area contributed by atoms with Gasteiger partial charge in [0.05, 0.1) is 25.4 Å². The van der Waals surface area contributed by atoms with Gasteiger partial charge in [-0.3, -0.25) is 0 Å². The zero-order chi connectivity index (χ0) is 22.0. The van der Waals surface area contributed by atoms with E-state index in [-0.39, 0.29) is 0 Å². The van der Waals surface area contributed by atoms with Crippen LogP contribution in [0, 0.1) is 5.92 Å². The number of epoxide rings is 2. The molecule has 2 saturated heterocycles. The fraction of sp³-hybridized carbons (Fsp3) is 1.00. The first kappa shape index (κ1) is 26.4. The molecule has 0 N–H and O–H groups in total. The largest absolute Gasteiger partial charge is 0.500 e. The summed E-state index contributed by atoms with van der Waals surface area (Å²) in [6.07, 6.45) is 7.52. The van der Waals surface area contributed by atoms with E-state index in [0.29, 0.717) is 18.3 Å². The lowest BCUT2D eigenvalue weighted by molar-refractivity contribution is 0.116. The molecule has 4 atom stereocenters. The minimum Gasteiger partial charge on any atom is -0.418 e. The molecule has 2 heterocycles. The van der Waals surface area contributed by atoms with Crippen molar-refractivity contribution < 1.29 is 31.9 Å². The van der Waals surface area contributed by atoms with Gasteiger partial charge in [-0.05, 0) is 64.1 Å². The van der Waals surface area contributed by atoms with E-state index in [2.05, 4.69) is 20.0 Å². The van der Waals surface area contributed by atoms with E-state index in [1.807, 2.05) is 0 Å². The van der Waals surface area contributed by atoms with Crippen LogP contribution in [0.2, 0.25) is 25.2 Å². The molecule has 0 aromatic carbocycles. The quantitative estimate of drug-likeness (QED) is 0.220. The molecule has 7 nitrogen and oxygen atoms in total. The molecular weight excluding hydrogens is 420 g/mol. The third kappa shape index (κ3) is 9.75. The molecule has 1 saturated carbocycles. The first-order valence-electron chi connectivity index (χ1n) is 11.5. The van der Waals surface area contributed by atoms with E-state index < -0.39 is 17.1 Å². The van der Waals surface area contributed by atoms with Crippen LogP contribution in [-0.2, 0) is 31.9 Å². The van der Waals surface area contributed by atoms with Gasteiger partial charge in [0.25, 0.3) is 0 Å². The second-order valence-corrected chi connectivity index (χ2v) is 16.5. The van der Waals surface area contributed by atoms with E-state index >= 15 is 0 Å². The van der Waals surface area contributed by atoms with Gasteiger partial charge in [-0.1, -0.05) is 0 Å². The van der Waals surface area contributed by atoms with Crippen molar-refractivity contribution in [3.05, 3.63) is 0 Å². The van der Waals surface area contributed by atoms with Crippen molar-refractivity contribution in [1.29, 1.82) is 0 Å². The molecule has 2 aliphatic heterocycles. The van der Waals surface area contributed by atoms with Gasteiger partial charge in [-0.15, -0.1) is 0 Å². The molecule has 0 aromatic heterocycles. The van der Waals surface area contributed by atoms with Gasteiger partial charge >= 0.3 is 8.80 Å². The highest BCUT2D eigenvalue weighted by molar-refractivity contribution is 6.71. The van der Waals surface area contributed by atoms with Crippen LogP contribution in [0.25, 0.3) is 0 Å². The van der Waals surface area contributed by atoms with Crippen molar-refractivity contribution in [3.8, 4) is 0 Å². The summed E-state index contributed by atoms with van der Waals surface area (Å²) in [5.41, 5.74) is 0.